The summed E-state index contributed by atoms with van der Waals surface area (Å²) < 4.78 is 17.6. The minimum Gasteiger partial charge on any atom is -0.453 e. The molecule has 0 amide bonds. The van der Waals surface area contributed by atoms with E-state index in [0.29, 0.717) is 0 Å². The highest BCUT2D eigenvalue weighted by Gasteiger charge is 2.26. The van der Waals surface area contributed by atoms with E-state index in [1.807, 2.05) is 48.5 Å². The minimum atomic E-state index is -1.02. The first-order valence-electron chi connectivity index (χ1n) is 11.8. The van der Waals surface area contributed by atoms with Crippen molar-refractivity contribution in [2.45, 2.75) is 20.8 Å². The van der Waals surface area contributed by atoms with Gasteiger partial charge in [0.25, 0.3) is 0 Å². The van der Waals surface area contributed by atoms with E-state index in [2.05, 4.69) is 65.4 Å². The number of rotatable bonds is 4. The number of hydrogen-bond acceptors (Lipinski definition) is 4. The van der Waals surface area contributed by atoms with Gasteiger partial charge in [0, 0.05) is 28.3 Å². The second kappa shape index (κ2) is 15.0. The van der Waals surface area contributed by atoms with Crippen LogP contribution in [0.4, 0.5) is 0 Å². The Balaban J connectivity index is 0.000000183. The third kappa shape index (κ3) is 7.23. The molecule has 37 heavy (non-hydrogen) atoms. The number of benzene rings is 4. The maximum atomic E-state index is 6.22. The SMILES string of the molecule is C.CCCNP1Oc2ccccc2-c2ccccc21.ClP1Oc2ccccc2-c2ccccc21.[2H]OPCl. The van der Waals surface area contributed by atoms with Crippen LogP contribution in [0.3, 0.4) is 0 Å². The molecule has 0 fully saturated rings. The number of para-hydroxylation sites is 2. The summed E-state index contributed by atoms with van der Waals surface area (Å²) >= 11 is 11.0. The van der Waals surface area contributed by atoms with Crippen molar-refractivity contribution in [2.24, 2.45) is 0 Å². The van der Waals surface area contributed by atoms with Gasteiger partial charge < -0.3 is 13.9 Å². The Kier molecular flexibility index (Phi) is 11.5. The molecular formula is C28H30Cl2NO3P3. The average Bonchev–Trinajstić information content (AvgIpc) is 2.96. The Labute approximate surface area is 235 Å². The standard InChI is InChI=1S/C15H16NOP.C12H8ClOP.CH4.ClH2OP/c1-2-11-16-18-15-10-6-4-8-13(15)12-7-3-5-9-14(12)17-18;13-15-12-8-4-2-6-10(12)9-5-1-3-7-11(9)14-15;;1-3-2/h3-10,16H,2,11H2,1H3;1-8H;1H4;2-3H/i;;;2D. The van der Waals surface area contributed by atoms with Gasteiger partial charge in [-0.15, -0.1) is 0 Å². The Hall–Kier alpha value is -1.73. The zero-order valence-electron chi connectivity index (χ0n) is 20.5. The van der Waals surface area contributed by atoms with Crippen LogP contribution in [0.15, 0.2) is 97.1 Å². The topological polar surface area (TPSA) is 50.7 Å². The molecule has 2 aliphatic heterocycles. The minimum absolute atomic E-state index is 0. The molecule has 0 bridgehead atoms. The molecule has 4 nitrogen and oxygen atoms in total. The van der Waals surface area contributed by atoms with Gasteiger partial charge in [-0.3, -0.25) is 5.09 Å². The van der Waals surface area contributed by atoms with E-state index >= 15 is 0 Å². The van der Waals surface area contributed by atoms with E-state index in [0.717, 1.165) is 35.3 Å². The summed E-state index contributed by atoms with van der Waals surface area (Å²) in [4.78, 5) is 3.58. The van der Waals surface area contributed by atoms with E-state index in [4.69, 9.17) is 33.0 Å². The van der Waals surface area contributed by atoms with Crippen LogP contribution in [0, 0.1) is 0 Å². The molecule has 0 saturated heterocycles. The predicted molar refractivity (Wildman–Crippen MR) is 165 cm³/mol. The number of nitrogens with one attached hydrogen (secondary N) is 1. The van der Waals surface area contributed by atoms with Crippen LogP contribution in [0.5, 0.6) is 11.5 Å². The second-order valence-corrected chi connectivity index (χ2v) is 12.0. The van der Waals surface area contributed by atoms with Crippen LogP contribution < -0.4 is 24.7 Å². The van der Waals surface area contributed by atoms with Gasteiger partial charge in [-0.2, -0.15) is 0 Å². The van der Waals surface area contributed by atoms with Crippen molar-refractivity contribution in [1.82, 2.24) is 5.09 Å². The summed E-state index contributed by atoms with van der Waals surface area (Å²) in [6.07, 6.45) is 1.12. The Morgan fingerprint density at radius 3 is 1.81 bits per heavy atom. The Morgan fingerprint density at radius 2 is 1.24 bits per heavy atom. The van der Waals surface area contributed by atoms with E-state index in [1.165, 1.54) is 22.0 Å². The van der Waals surface area contributed by atoms with Gasteiger partial charge in [-0.25, -0.2) is 0 Å². The summed E-state index contributed by atoms with van der Waals surface area (Å²) in [5, 5.41) is 5.91. The number of fused-ring (bicyclic) bond motifs is 6. The van der Waals surface area contributed by atoms with Gasteiger partial charge in [0.15, 0.2) is 8.30 Å². The van der Waals surface area contributed by atoms with Crippen molar-refractivity contribution >= 4 is 57.1 Å². The van der Waals surface area contributed by atoms with Crippen molar-refractivity contribution in [3.05, 3.63) is 97.1 Å². The maximum absolute atomic E-state index is 6.22. The van der Waals surface area contributed by atoms with Crippen molar-refractivity contribution in [3.8, 4) is 33.8 Å². The van der Waals surface area contributed by atoms with Gasteiger partial charge >= 0.3 is 0 Å². The lowest BCUT2D eigenvalue weighted by Gasteiger charge is -2.28. The van der Waals surface area contributed by atoms with Crippen molar-refractivity contribution in [3.63, 3.8) is 0 Å². The summed E-state index contributed by atoms with van der Waals surface area (Å²) in [5.74, 6) is 1.88. The van der Waals surface area contributed by atoms with E-state index in [9.17, 15) is 0 Å². The zero-order chi connectivity index (χ0) is 26.0. The third-order valence-corrected chi connectivity index (χ3v) is 9.04. The summed E-state index contributed by atoms with van der Waals surface area (Å²) in [5.41, 5.74) is 4.83. The Morgan fingerprint density at radius 1 is 0.784 bits per heavy atom. The van der Waals surface area contributed by atoms with Crippen LogP contribution >= 0.6 is 46.4 Å². The highest BCUT2D eigenvalue weighted by Crippen LogP contribution is 2.51. The fourth-order valence-electron chi connectivity index (χ4n) is 3.88. The predicted octanol–water partition coefficient (Wildman–Crippen LogP) is 8.97. The summed E-state index contributed by atoms with van der Waals surface area (Å²) in [7, 11) is -1.97. The van der Waals surface area contributed by atoms with Crippen molar-refractivity contribution in [1.29, 1.82) is 1.43 Å². The molecule has 3 atom stereocenters. The molecule has 2 heterocycles. The van der Waals surface area contributed by atoms with Gasteiger partial charge in [0.05, 0.1) is 0 Å². The maximum Gasteiger partial charge on any atom is 0.217 e. The lowest BCUT2D eigenvalue weighted by Crippen LogP contribution is -2.24. The summed E-state index contributed by atoms with van der Waals surface area (Å²) in [6.45, 7) is 3.16. The first kappa shape index (κ1) is 28.3. The molecule has 0 spiro atoms. The van der Waals surface area contributed by atoms with Crippen LogP contribution in [-0.2, 0) is 0 Å². The fourth-order valence-corrected chi connectivity index (χ4v) is 7.32. The van der Waals surface area contributed by atoms with Crippen LogP contribution in [0.2, 0.25) is 0 Å². The smallest absolute Gasteiger partial charge is 0.217 e. The molecule has 0 aliphatic carbocycles. The van der Waals surface area contributed by atoms with Crippen molar-refractivity contribution < 1.29 is 13.9 Å². The normalized spacial score (nSPS) is 16.4. The molecule has 0 saturated carbocycles. The molecule has 3 unspecified atom stereocenters. The fraction of sp³-hybridized carbons (Fsp3) is 0.143. The monoisotopic (exact) mass is 592 g/mol. The lowest BCUT2D eigenvalue weighted by atomic mass is 10.0. The quantitative estimate of drug-likeness (QED) is 0.232. The molecule has 6 rings (SSSR count). The summed E-state index contributed by atoms with van der Waals surface area (Å²) in [6, 6.07) is 32.9. The average molecular weight is 593 g/mol. The van der Waals surface area contributed by atoms with Crippen molar-refractivity contribution in [2.75, 3.05) is 6.54 Å². The lowest BCUT2D eigenvalue weighted by molar-refractivity contribution is 0.604. The van der Waals surface area contributed by atoms with Gasteiger partial charge in [0.2, 0.25) is 8.93 Å². The third-order valence-electron chi connectivity index (χ3n) is 5.44. The molecule has 9 heteroatoms. The Bertz CT molecular complexity index is 1320. The largest absolute Gasteiger partial charge is 0.453 e. The van der Waals surface area contributed by atoms with E-state index < -0.39 is 15.8 Å². The molecule has 4 aromatic carbocycles. The number of hydrogen-bond donors (Lipinski definition) is 2. The molecular weight excluding hydrogens is 562 g/mol. The first-order chi connectivity index (χ1) is 18.2. The molecule has 0 radical (unpaired) electrons. The zero-order valence-corrected chi connectivity index (χ0v) is 23.8. The first-order valence-corrected chi connectivity index (χ1v) is 16.7. The van der Waals surface area contributed by atoms with Crippen LogP contribution in [0.1, 0.15) is 20.8 Å². The molecule has 2 N–H and O–H groups in total. The van der Waals surface area contributed by atoms with Gasteiger partial charge in [-0.1, -0.05) is 98.4 Å². The molecule has 2 aliphatic rings. The van der Waals surface area contributed by atoms with Gasteiger partial charge in [-0.05, 0) is 53.1 Å². The number of halogens is 2. The van der Waals surface area contributed by atoms with E-state index in [1.54, 1.807) is 0 Å². The molecule has 4 aromatic rings. The highest BCUT2D eigenvalue weighted by atomic mass is 35.7. The highest BCUT2D eigenvalue weighted by molar-refractivity contribution is 7.86. The molecule has 0 aromatic heterocycles. The van der Waals surface area contributed by atoms with Crippen LogP contribution in [-0.4, -0.2) is 12.9 Å². The molecule has 194 valence electrons. The van der Waals surface area contributed by atoms with Gasteiger partial charge in [0.1, 0.15) is 19.7 Å². The van der Waals surface area contributed by atoms with Crippen LogP contribution in [0.25, 0.3) is 22.3 Å². The second-order valence-electron chi connectivity index (χ2n) is 7.73. The van der Waals surface area contributed by atoms with E-state index in [-0.39, 0.29) is 15.6 Å².